The summed E-state index contributed by atoms with van der Waals surface area (Å²) in [6.07, 6.45) is 4.17. The van der Waals surface area contributed by atoms with E-state index in [1.165, 1.54) is 0 Å². The van der Waals surface area contributed by atoms with Gasteiger partial charge in [-0.15, -0.1) is 0 Å². The Morgan fingerprint density at radius 2 is 1.36 bits per heavy atom. The molecule has 56 valence electrons. The fourth-order valence-corrected chi connectivity index (χ4v) is 0.846. The van der Waals surface area contributed by atoms with Gasteiger partial charge in [0.1, 0.15) is 0 Å². The first kappa shape index (κ1) is 10.7. The zero-order valence-corrected chi connectivity index (χ0v) is 6.83. The molecule has 0 aromatic carbocycles. The van der Waals surface area contributed by atoms with E-state index in [2.05, 4.69) is 37.7 Å². The van der Waals surface area contributed by atoms with Crippen LogP contribution in [0.3, 0.4) is 0 Å². The second-order valence-corrected chi connectivity index (χ2v) is 3.45. The Morgan fingerprint density at radius 3 is 1.64 bits per heavy atom. The van der Waals surface area contributed by atoms with E-state index in [9.17, 15) is 0 Å². The molecule has 0 bridgehead atoms. The fourth-order valence-electron chi connectivity index (χ4n) is 0.846. The van der Waals surface area contributed by atoms with Crippen molar-refractivity contribution in [1.29, 1.82) is 0 Å². The molecule has 1 heterocycles. The van der Waals surface area contributed by atoms with Crippen LogP contribution in [0.25, 0.3) is 0 Å². The summed E-state index contributed by atoms with van der Waals surface area (Å²) < 4.78 is 2.19. The molecule has 0 spiro atoms. The second-order valence-electron chi connectivity index (χ2n) is 3.45. The molecule has 11 heavy (non-hydrogen) atoms. The molecule has 0 saturated carbocycles. The molecule has 0 aliphatic carbocycles. The van der Waals surface area contributed by atoms with Gasteiger partial charge < -0.3 is 0 Å². The Labute approximate surface area is 80.6 Å². The van der Waals surface area contributed by atoms with Gasteiger partial charge >= 0.3 is 18.9 Å². The number of hydrogen-bond donors (Lipinski definition) is 0. The number of pyridine rings is 1. The fraction of sp³-hybridized carbons (Fsp3) is 0.444. The van der Waals surface area contributed by atoms with Gasteiger partial charge in [-0.2, -0.15) is 0 Å². The summed E-state index contributed by atoms with van der Waals surface area (Å²) in [4.78, 5) is 0. The summed E-state index contributed by atoms with van der Waals surface area (Å²) in [5.41, 5.74) is 0.210. The van der Waals surface area contributed by atoms with Gasteiger partial charge in [-0.05, 0) is 0 Å². The SMILES string of the molecule is CC(C)(C)[n+]1ccccc1.[LiH]. The standard InChI is InChI=1S/C9H14N.Li.H/c1-9(2,3)10-7-5-4-6-8-10;;/h4-8H,1-3H3;;/q+1;;. The third kappa shape index (κ3) is 3.10. The van der Waals surface area contributed by atoms with Gasteiger partial charge in [-0.3, -0.25) is 0 Å². The van der Waals surface area contributed by atoms with Crippen LogP contribution in [0.15, 0.2) is 30.6 Å². The van der Waals surface area contributed by atoms with E-state index < -0.39 is 0 Å². The van der Waals surface area contributed by atoms with E-state index in [1.807, 2.05) is 18.2 Å². The molecule has 0 fully saturated rings. The van der Waals surface area contributed by atoms with E-state index in [4.69, 9.17) is 0 Å². The van der Waals surface area contributed by atoms with Crippen LogP contribution in [0.4, 0.5) is 0 Å². The van der Waals surface area contributed by atoms with Crippen LogP contribution in [-0.4, -0.2) is 18.9 Å². The average molecular weight is 144 g/mol. The van der Waals surface area contributed by atoms with Crippen LogP contribution in [0.2, 0.25) is 0 Å². The maximum atomic E-state index is 2.19. The van der Waals surface area contributed by atoms with Crippen molar-refractivity contribution in [2.24, 2.45) is 0 Å². The Morgan fingerprint density at radius 1 is 0.909 bits per heavy atom. The van der Waals surface area contributed by atoms with Crippen LogP contribution >= 0.6 is 0 Å². The molecule has 1 rings (SSSR count). The van der Waals surface area contributed by atoms with E-state index in [-0.39, 0.29) is 24.4 Å². The van der Waals surface area contributed by atoms with Crippen molar-refractivity contribution >= 4 is 18.9 Å². The first-order valence-corrected chi connectivity index (χ1v) is 3.57. The van der Waals surface area contributed by atoms with Gasteiger partial charge in [0.05, 0.1) is 0 Å². The zero-order valence-electron chi connectivity index (χ0n) is 6.83. The van der Waals surface area contributed by atoms with Crippen LogP contribution < -0.4 is 4.57 Å². The molecule has 1 aromatic rings. The minimum atomic E-state index is 0. The quantitative estimate of drug-likeness (QED) is 0.379. The molecule has 0 atom stereocenters. The second kappa shape index (κ2) is 3.95. The number of nitrogens with zero attached hydrogens (tertiary/aromatic N) is 1. The number of rotatable bonds is 0. The van der Waals surface area contributed by atoms with Gasteiger partial charge in [-0.1, -0.05) is 6.07 Å². The predicted octanol–water partition coefficient (Wildman–Crippen LogP) is 1.08. The zero-order chi connectivity index (χ0) is 7.61. The Bertz CT molecular complexity index is 201. The molecule has 0 saturated heterocycles. The van der Waals surface area contributed by atoms with E-state index >= 15 is 0 Å². The van der Waals surface area contributed by atoms with Crippen molar-refractivity contribution in [3.8, 4) is 0 Å². The maximum absolute atomic E-state index is 2.19. The Balaban J connectivity index is 0.000001000. The van der Waals surface area contributed by atoms with Gasteiger partial charge in [0.15, 0.2) is 17.9 Å². The minimum absolute atomic E-state index is 0. The van der Waals surface area contributed by atoms with E-state index in [0.29, 0.717) is 0 Å². The van der Waals surface area contributed by atoms with Gasteiger partial charge in [0.25, 0.3) is 0 Å². The van der Waals surface area contributed by atoms with Crippen LogP contribution in [-0.2, 0) is 5.54 Å². The molecule has 2 heteroatoms. The first-order valence-electron chi connectivity index (χ1n) is 3.57. The summed E-state index contributed by atoms with van der Waals surface area (Å²) >= 11 is 0. The molecular formula is C9H15LiN+. The van der Waals surface area contributed by atoms with Crippen molar-refractivity contribution in [2.75, 3.05) is 0 Å². The van der Waals surface area contributed by atoms with Gasteiger partial charge in [0.2, 0.25) is 0 Å². The van der Waals surface area contributed by atoms with Crippen LogP contribution in [0, 0.1) is 0 Å². The van der Waals surface area contributed by atoms with Gasteiger partial charge in [-0.25, -0.2) is 4.57 Å². The van der Waals surface area contributed by atoms with E-state index in [1.54, 1.807) is 0 Å². The van der Waals surface area contributed by atoms with Crippen molar-refractivity contribution in [2.45, 2.75) is 26.3 Å². The molecule has 0 N–H and O–H groups in total. The molecule has 0 unspecified atom stereocenters. The monoisotopic (exact) mass is 144 g/mol. The Kier molecular flexibility index (Phi) is 3.86. The van der Waals surface area contributed by atoms with Crippen LogP contribution in [0.5, 0.6) is 0 Å². The summed E-state index contributed by atoms with van der Waals surface area (Å²) in [5.74, 6) is 0. The molecule has 0 aliphatic rings. The van der Waals surface area contributed by atoms with Crippen molar-refractivity contribution in [1.82, 2.24) is 0 Å². The first-order chi connectivity index (χ1) is 4.61. The normalized spacial score (nSPS) is 10.5. The van der Waals surface area contributed by atoms with Crippen molar-refractivity contribution in [3.05, 3.63) is 30.6 Å². The third-order valence-electron chi connectivity index (χ3n) is 1.49. The van der Waals surface area contributed by atoms with Crippen molar-refractivity contribution < 1.29 is 4.57 Å². The molecule has 1 aromatic heterocycles. The van der Waals surface area contributed by atoms with Crippen molar-refractivity contribution in [3.63, 3.8) is 0 Å². The summed E-state index contributed by atoms with van der Waals surface area (Å²) in [7, 11) is 0. The number of hydrogen-bond acceptors (Lipinski definition) is 0. The van der Waals surface area contributed by atoms with E-state index in [0.717, 1.165) is 0 Å². The Hall–Kier alpha value is -0.253. The number of aromatic nitrogens is 1. The predicted molar refractivity (Wildman–Crippen MR) is 48.8 cm³/mol. The molecular weight excluding hydrogens is 129 g/mol. The molecule has 0 aliphatic heterocycles. The van der Waals surface area contributed by atoms with Crippen LogP contribution in [0.1, 0.15) is 20.8 Å². The summed E-state index contributed by atoms with van der Waals surface area (Å²) in [6.45, 7) is 6.56. The molecule has 1 nitrogen and oxygen atoms in total. The molecule has 0 radical (unpaired) electrons. The van der Waals surface area contributed by atoms with Gasteiger partial charge in [0, 0.05) is 32.9 Å². The third-order valence-corrected chi connectivity index (χ3v) is 1.49. The molecule has 0 amide bonds. The summed E-state index contributed by atoms with van der Waals surface area (Å²) in [5, 5.41) is 0. The topological polar surface area (TPSA) is 3.88 Å². The summed E-state index contributed by atoms with van der Waals surface area (Å²) in [6, 6.07) is 6.12. The average Bonchev–Trinajstić information content (AvgIpc) is 1.88.